The van der Waals surface area contributed by atoms with Crippen molar-refractivity contribution in [2.45, 2.75) is 6.10 Å². The third-order valence-electron chi connectivity index (χ3n) is 3.55. The average Bonchev–Trinajstić information content (AvgIpc) is 2.55. The summed E-state index contributed by atoms with van der Waals surface area (Å²) in [6, 6.07) is 9.47. The SMILES string of the molecule is COc1cc(N2CCO[C@H](c3ccc(Cl)cc3)C2)nc(N)n1. The topological polar surface area (TPSA) is 73.5 Å². The second-order valence-electron chi connectivity index (χ2n) is 4.98. The van der Waals surface area contributed by atoms with Crippen LogP contribution in [-0.4, -0.2) is 36.8 Å². The van der Waals surface area contributed by atoms with E-state index in [0.717, 1.165) is 17.9 Å². The van der Waals surface area contributed by atoms with Crippen molar-refractivity contribution in [3.63, 3.8) is 0 Å². The van der Waals surface area contributed by atoms with Crippen LogP contribution in [0.1, 0.15) is 11.7 Å². The van der Waals surface area contributed by atoms with Gasteiger partial charge in [-0.15, -0.1) is 0 Å². The minimum absolute atomic E-state index is 0.0341. The summed E-state index contributed by atoms with van der Waals surface area (Å²) in [5, 5.41) is 0.713. The molecule has 0 spiro atoms. The van der Waals surface area contributed by atoms with Gasteiger partial charge < -0.3 is 20.1 Å². The standard InChI is InChI=1S/C15H17ClN4O2/c1-21-14-8-13(18-15(17)19-14)20-6-7-22-12(9-20)10-2-4-11(16)5-3-10/h2-5,8,12H,6-7,9H2,1H3,(H2,17,18,19)/t12-/m0/s1. The second-order valence-corrected chi connectivity index (χ2v) is 5.42. The van der Waals surface area contributed by atoms with Gasteiger partial charge in [-0.1, -0.05) is 23.7 Å². The van der Waals surface area contributed by atoms with E-state index in [4.69, 9.17) is 26.8 Å². The molecule has 2 aromatic rings. The lowest BCUT2D eigenvalue weighted by molar-refractivity contribution is 0.0395. The van der Waals surface area contributed by atoms with Crippen LogP contribution >= 0.6 is 11.6 Å². The van der Waals surface area contributed by atoms with Crippen LogP contribution in [0.4, 0.5) is 11.8 Å². The fraction of sp³-hybridized carbons (Fsp3) is 0.333. The largest absolute Gasteiger partial charge is 0.481 e. The van der Waals surface area contributed by atoms with E-state index in [0.29, 0.717) is 24.1 Å². The van der Waals surface area contributed by atoms with Crippen molar-refractivity contribution in [1.82, 2.24) is 9.97 Å². The molecule has 6 nitrogen and oxygen atoms in total. The molecule has 0 unspecified atom stereocenters. The first-order valence-corrected chi connectivity index (χ1v) is 7.34. The fourth-order valence-corrected chi connectivity index (χ4v) is 2.56. The zero-order valence-corrected chi connectivity index (χ0v) is 13.0. The molecule has 1 saturated heterocycles. The van der Waals surface area contributed by atoms with Gasteiger partial charge in [0.2, 0.25) is 11.8 Å². The lowest BCUT2D eigenvalue weighted by atomic mass is 10.1. The summed E-state index contributed by atoms with van der Waals surface area (Å²) >= 11 is 5.93. The van der Waals surface area contributed by atoms with E-state index in [2.05, 4.69) is 14.9 Å². The number of benzene rings is 1. The first-order chi connectivity index (χ1) is 10.7. The van der Waals surface area contributed by atoms with Crippen molar-refractivity contribution < 1.29 is 9.47 Å². The Kier molecular flexibility index (Phi) is 4.31. The van der Waals surface area contributed by atoms with Crippen LogP contribution < -0.4 is 15.4 Å². The molecule has 2 heterocycles. The summed E-state index contributed by atoms with van der Waals surface area (Å²) in [7, 11) is 1.56. The minimum Gasteiger partial charge on any atom is -0.481 e. The first kappa shape index (κ1) is 14.9. The normalized spacial score (nSPS) is 18.3. The van der Waals surface area contributed by atoms with Crippen molar-refractivity contribution in [3.8, 4) is 5.88 Å². The molecule has 0 amide bonds. The van der Waals surface area contributed by atoms with Gasteiger partial charge in [0.25, 0.3) is 0 Å². The van der Waals surface area contributed by atoms with E-state index < -0.39 is 0 Å². The maximum atomic E-state index is 5.93. The Morgan fingerprint density at radius 2 is 2.09 bits per heavy atom. The Balaban J connectivity index is 1.81. The number of aromatic nitrogens is 2. The van der Waals surface area contributed by atoms with Crippen LogP contribution in [0.15, 0.2) is 30.3 Å². The molecule has 1 aromatic carbocycles. The van der Waals surface area contributed by atoms with Gasteiger partial charge in [-0.3, -0.25) is 0 Å². The van der Waals surface area contributed by atoms with E-state index >= 15 is 0 Å². The number of nitrogens with two attached hydrogens (primary N) is 1. The van der Waals surface area contributed by atoms with Crippen molar-refractivity contribution >= 4 is 23.4 Å². The maximum absolute atomic E-state index is 5.93. The van der Waals surface area contributed by atoms with Crippen LogP contribution in [0.25, 0.3) is 0 Å². The van der Waals surface area contributed by atoms with Crippen LogP contribution in [0.2, 0.25) is 5.02 Å². The molecule has 2 N–H and O–H groups in total. The predicted molar refractivity (Wildman–Crippen MR) is 85.4 cm³/mol. The highest BCUT2D eigenvalue weighted by atomic mass is 35.5. The van der Waals surface area contributed by atoms with Crippen molar-refractivity contribution in [1.29, 1.82) is 0 Å². The van der Waals surface area contributed by atoms with E-state index in [1.807, 2.05) is 24.3 Å². The zero-order valence-electron chi connectivity index (χ0n) is 12.2. The summed E-state index contributed by atoms with van der Waals surface area (Å²) in [4.78, 5) is 10.4. The fourth-order valence-electron chi connectivity index (χ4n) is 2.43. The highest BCUT2D eigenvalue weighted by molar-refractivity contribution is 6.30. The molecule has 116 valence electrons. The van der Waals surface area contributed by atoms with Crippen LogP contribution in [-0.2, 0) is 4.74 Å². The summed E-state index contributed by atoms with van der Waals surface area (Å²) in [5.74, 6) is 1.40. The highest BCUT2D eigenvalue weighted by Crippen LogP contribution is 2.27. The van der Waals surface area contributed by atoms with Crippen molar-refractivity contribution in [2.24, 2.45) is 0 Å². The minimum atomic E-state index is -0.0341. The molecule has 0 radical (unpaired) electrons. The van der Waals surface area contributed by atoms with Crippen LogP contribution in [0, 0.1) is 0 Å². The molecular weight excluding hydrogens is 304 g/mol. The Morgan fingerprint density at radius 3 is 2.82 bits per heavy atom. The zero-order chi connectivity index (χ0) is 15.5. The highest BCUT2D eigenvalue weighted by Gasteiger charge is 2.23. The van der Waals surface area contributed by atoms with Gasteiger partial charge in [-0.2, -0.15) is 9.97 Å². The van der Waals surface area contributed by atoms with Gasteiger partial charge in [-0.05, 0) is 17.7 Å². The molecule has 1 aliphatic heterocycles. The van der Waals surface area contributed by atoms with Gasteiger partial charge in [-0.25, -0.2) is 0 Å². The smallest absolute Gasteiger partial charge is 0.225 e. The Labute approximate surface area is 133 Å². The molecule has 0 saturated carbocycles. The number of methoxy groups -OCH3 is 1. The van der Waals surface area contributed by atoms with Crippen LogP contribution in [0.5, 0.6) is 5.88 Å². The van der Waals surface area contributed by atoms with E-state index in [9.17, 15) is 0 Å². The maximum Gasteiger partial charge on any atom is 0.225 e. The summed E-state index contributed by atoms with van der Waals surface area (Å²) < 4.78 is 11.0. The van der Waals surface area contributed by atoms with Gasteiger partial charge in [0.05, 0.1) is 13.7 Å². The van der Waals surface area contributed by atoms with Crippen molar-refractivity contribution in [2.75, 3.05) is 37.4 Å². The molecule has 1 aliphatic rings. The average molecular weight is 321 g/mol. The number of nitrogens with zero attached hydrogens (tertiary/aromatic N) is 3. The summed E-state index contributed by atoms with van der Waals surface area (Å²) in [6.07, 6.45) is -0.0341. The Hall–Kier alpha value is -2.05. The van der Waals surface area contributed by atoms with Gasteiger partial charge in [0.1, 0.15) is 11.9 Å². The Morgan fingerprint density at radius 1 is 1.32 bits per heavy atom. The Bertz CT molecular complexity index is 650. The van der Waals surface area contributed by atoms with E-state index in [-0.39, 0.29) is 12.1 Å². The monoisotopic (exact) mass is 320 g/mol. The molecule has 0 bridgehead atoms. The van der Waals surface area contributed by atoms with E-state index in [1.54, 1.807) is 13.2 Å². The number of rotatable bonds is 3. The third kappa shape index (κ3) is 3.23. The molecule has 1 atom stereocenters. The summed E-state index contributed by atoms with van der Waals surface area (Å²) in [6.45, 7) is 2.03. The lowest BCUT2D eigenvalue weighted by Crippen LogP contribution is -2.39. The molecule has 1 aromatic heterocycles. The lowest BCUT2D eigenvalue weighted by Gasteiger charge is -2.34. The first-order valence-electron chi connectivity index (χ1n) is 6.96. The molecular formula is C15H17ClN4O2. The van der Waals surface area contributed by atoms with Crippen molar-refractivity contribution in [3.05, 3.63) is 40.9 Å². The number of halogens is 1. The number of nitrogen functional groups attached to an aromatic ring is 1. The molecule has 7 heteroatoms. The molecule has 1 fully saturated rings. The number of hydrogen-bond acceptors (Lipinski definition) is 6. The van der Waals surface area contributed by atoms with Gasteiger partial charge in [0.15, 0.2) is 0 Å². The molecule has 0 aliphatic carbocycles. The molecule has 22 heavy (non-hydrogen) atoms. The van der Waals surface area contributed by atoms with E-state index in [1.165, 1.54) is 0 Å². The number of anilines is 2. The van der Waals surface area contributed by atoms with Gasteiger partial charge >= 0.3 is 0 Å². The number of morpholine rings is 1. The van der Waals surface area contributed by atoms with Gasteiger partial charge in [0, 0.05) is 24.2 Å². The second kappa shape index (κ2) is 6.37. The van der Waals surface area contributed by atoms with Crippen LogP contribution in [0.3, 0.4) is 0 Å². The molecule has 3 rings (SSSR count). The quantitative estimate of drug-likeness (QED) is 0.935. The predicted octanol–water partition coefficient (Wildman–Crippen LogP) is 2.30. The third-order valence-corrected chi connectivity index (χ3v) is 3.80. The summed E-state index contributed by atoms with van der Waals surface area (Å²) in [5.41, 5.74) is 6.82. The number of ether oxygens (including phenoxy) is 2. The number of hydrogen-bond donors (Lipinski definition) is 1.